The quantitative estimate of drug-likeness (QED) is 0.845. The summed E-state index contributed by atoms with van der Waals surface area (Å²) in [6.07, 6.45) is 2.93. The first-order valence-electron chi connectivity index (χ1n) is 6.79. The van der Waals surface area contributed by atoms with Gasteiger partial charge in [-0.1, -0.05) is 11.6 Å². The number of carbonyl (C=O) groups is 2. The molecule has 1 N–H and O–H groups in total. The van der Waals surface area contributed by atoms with Crippen LogP contribution in [0.3, 0.4) is 0 Å². The summed E-state index contributed by atoms with van der Waals surface area (Å²) in [6, 6.07) is 3.30. The molecule has 1 saturated heterocycles. The smallest absolute Gasteiger partial charge is 0.253 e. The van der Waals surface area contributed by atoms with Crippen molar-refractivity contribution in [3.05, 3.63) is 29.0 Å². The molecule has 0 atom stereocenters. The topological polar surface area (TPSA) is 71.5 Å². The third-order valence-electron chi connectivity index (χ3n) is 3.44. The van der Waals surface area contributed by atoms with Crippen LogP contribution in [0.2, 0.25) is 5.15 Å². The number of rotatable bonds is 4. The van der Waals surface area contributed by atoms with E-state index < -0.39 is 0 Å². The summed E-state index contributed by atoms with van der Waals surface area (Å²) in [7, 11) is 1.50. The van der Waals surface area contributed by atoms with E-state index in [0.29, 0.717) is 23.8 Å². The molecule has 1 fully saturated rings. The lowest BCUT2D eigenvalue weighted by atomic mass is 10.0. The molecular formula is C14H18ClN3O3. The van der Waals surface area contributed by atoms with Crippen molar-refractivity contribution in [2.75, 3.05) is 26.8 Å². The summed E-state index contributed by atoms with van der Waals surface area (Å²) in [4.78, 5) is 29.4. The number of nitrogens with zero attached hydrogens (tertiary/aromatic N) is 2. The number of amides is 2. The van der Waals surface area contributed by atoms with Gasteiger partial charge >= 0.3 is 0 Å². The summed E-state index contributed by atoms with van der Waals surface area (Å²) >= 11 is 5.69. The van der Waals surface area contributed by atoms with E-state index in [4.69, 9.17) is 16.3 Å². The molecule has 2 rings (SSSR count). The highest BCUT2D eigenvalue weighted by molar-refractivity contribution is 6.29. The number of ether oxygens (including phenoxy) is 1. The molecule has 0 saturated carbocycles. The molecule has 7 heteroatoms. The van der Waals surface area contributed by atoms with Gasteiger partial charge in [0.1, 0.15) is 11.8 Å². The summed E-state index contributed by atoms with van der Waals surface area (Å²) < 4.78 is 4.84. The number of halogens is 1. The summed E-state index contributed by atoms with van der Waals surface area (Å²) in [5.41, 5.74) is 0.484. The molecule has 0 aromatic carbocycles. The number of pyridine rings is 1. The number of hydrogen-bond acceptors (Lipinski definition) is 4. The van der Waals surface area contributed by atoms with Crippen LogP contribution in [0.15, 0.2) is 18.3 Å². The number of carbonyl (C=O) groups excluding carboxylic acids is 2. The Morgan fingerprint density at radius 2 is 2.14 bits per heavy atom. The zero-order chi connectivity index (χ0) is 15.2. The molecule has 0 aliphatic carbocycles. The highest BCUT2D eigenvalue weighted by atomic mass is 35.5. The monoisotopic (exact) mass is 311 g/mol. The number of methoxy groups -OCH3 is 1. The van der Waals surface area contributed by atoms with Crippen LogP contribution in [0, 0.1) is 0 Å². The molecule has 114 valence electrons. The van der Waals surface area contributed by atoms with Crippen LogP contribution < -0.4 is 5.32 Å². The van der Waals surface area contributed by atoms with Gasteiger partial charge in [-0.3, -0.25) is 9.59 Å². The van der Waals surface area contributed by atoms with Gasteiger partial charge in [0.15, 0.2) is 0 Å². The molecule has 1 aliphatic heterocycles. The highest BCUT2D eigenvalue weighted by Crippen LogP contribution is 2.12. The Hall–Kier alpha value is -1.66. The average molecular weight is 312 g/mol. The second kappa shape index (κ2) is 7.38. The Morgan fingerprint density at radius 3 is 2.71 bits per heavy atom. The van der Waals surface area contributed by atoms with Crippen molar-refractivity contribution in [3.8, 4) is 0 Å². The maximum Gasteiger partial charge on any atom is 0.253 e. The maximum atomic E-state index is 12.0. The van der Waals surface area contributed by atoms with Crippen molar-refractivity contribution < 1.29 is 14.3 Å². The molecular weight excluding hydrogens is 294 g/mol. The average Bonchev–Trinajstić information content (AvgIpc) is 2.49. The third kappa shape index (κ3) is 4.41. The van der Waals surface area contributed by atoms with Crippen LogP contribution in [0.25, 0.3) is 0 Å². The van der Waals surface area contributed by atoms with Crippen molar-refractivity contribution in [1.82, 2.24) is 15.2 Å². The molecule has 0 unspecified atom stereocenters. The number of aromatic nitrogens is 1. The third-order valence-corrected chi connectivity index (χ3v) is 3.66. The maximum absolute atomic E-state index is 12.0. The number of likely N-dealkylation sites (tertiary alicyclic amines) is 1. The minimum Gasteiger partial charge on any atom is -0.375 e. The number of piperidine rings is 1. The highest BCUT2D eigenvalue weighted by Gasteiger charge is 2.23. The van der Waals surface area contributed by atoms with Crippen LogP contribution in [-0.4, -0.2) is 54.5 Å². The van der Waals surface area contributed by atoms with E-state index in [0.717, 1.165) is 12.8 Å². The van der Waals surface area contributed by atoms with Crippen molar-refractivity contribution in [1.29, 1.82) is 0 Å². The fourth-order valence-electron chi connectivity index (χ4n) is 2.27. The van der Waals surface area contributed by atoms with Gasteiger partial charge in [-0.15, -0.1) is 0 Å². The molecule has 2 amide bonds. The van der Waals surface area contributed by atoms with Gasteiger partial charge in [0.25, 0.3) is 5.91 Å². The Balaban J connectivity index is 1.82. The van der Waals surface area contributed by atoms with Crippen LogP contribution in [-0.2, 0) is 9.53 Å². The first kappa shape index (κ1) is 15.7. The van der Waals surface area contributed by atoms with E-state index >= 15 is 0 Å². The molecule has 0 spiro atoms. The predicted molar refractivity (Wildman–Crippen MR) is 78.2 cm³/mol. The van der Waals surface area contributed by atoms with Crippen molar-refractivity contribution >= 4 is 23.4 Å². The SMILES string of the molecule is COCC(=O)N1CCC(NC(=O)c2ccc(Cl)nc2)CC1. The Kier molecular flexibility index (Phi) is 5.52. The van der Waals surface area contributed by atoms with Crippen LogP contribution in [0.1, 0.15) is 23.2 Å². The Morgan fingerprint density at radius 1 is 1.43 bits per heavy atom. The molecule has 2 heterocycles. The van der Waals surface area contributed by atoms with Gasteiger partial charge in [-0.25, -0.2) is 4.98 Å². The molecule has 21 heavy (non-hydrogen) atoms. The zero-order valence-electron chi connectivity index (χ0n) is 11.8. The number of nitrogens with one attached hydrogen (secondary N) is 1. The molecule has 0 bridgehead atoms. The summed E-state index contributed by atoms with van der Waals surface area (Å²) in [5.74, 6) is -0.176. The lowest BCUT2D eigenvalue weighted by Gasteiger charge is -2.32. The second-order valence-corrected chi connectivity index (χ2v) is 5.32. The van der Waals surface area contributed by atoms with Gasteiger partial charge in [0, 0.05) is 32.4 Å². The first-order chi connectivity index (χ1) is 10.1. The fraction of sp³-hybridized carbons (Fsp3) is 0.500. The summed E-state index contributed by atoms with van der Waals surface area (Å²) in [6.45, 7) is 1.37. The molecule has 1 aromatic rings. The minimum absolute atomic E-state index is 0.0100. The fourth-order valence-corrected chi connectivity index (χ4v) is 2.38. The van der Waals surface area contributed by atoms with Gasteiger partial charge in [-0.2, -0.15) is 0 Å². The van der Waals surface area contributed by atoms with Crippen molar-refractivity contribution in [2.45, 2.75) is 18.9 Å². The molecule has 6 nitrogen and oxygen atoms in total. The minimum atomic E-state index is -0.166. The van der Waals surface area contributed by atoms with E-state index in [9.17, 15) is 9.59 Å². The van der Waals surface area contributed by atoms with Gasteiger partial charge in [0.2, 0.25) is 5.91 Å². The largest absolute Gasteiger partial charge is 0.375 e. The molecule has 0 radical (unpaired) electrons. The van der Waals surface area contributed by atoms with Crippen molar-refractivity contribution in [3.63, 3.8) is 0 Å². The first-order valence-corrected chi connectivity index (χ1v) is 7.17. The van der Waals surface area contributed by atoms with Crippen LogP contribution in [0.4, 0.5) is 0 Å². The molecule has 1 aromatic heterocycles. The second-order valence-electron chi connectivity index (χ2n) is 4.93. The standard InChI is InChI=1S/C14H18ClN3O3/c1-21-9-13(19)18-6-4-11(5-7-18)17-14(20)10-2-3-12(15)16-8-10/h2-3,8,11H,4-7,9H2,1H3,(H,17,20). The van der Waals surface area contributed by atoms with Crippen LogP contribution in [0.5, 0.6) is 0 Å². The lowest BCUT2D eigenvalue weighted by Crippen LogP contribution is -2.47. The van der Waals surface area contributed by atoms with Gasteiger partial charge < -0.3 is 15.0 Å². The van der Waals surface area contributed by atoms with E-state index in [-0.39, 0.29) is 24.5 Å². The van der Waals surface area contributed by atoms with E-state index in [2.05, 4.69) is 10.3 Å². The molecule has 1 aliphatic rings. The van der Waals surface area contributed by atoms with Gasteiger partial charge in [0.05, 0.1) is 5.56 Å². The van der Waals surface area contributed by atoms with E-state index in [1.807, 2.05) is 0 Å². The predicted octanol–water partition coefficient (Wildman–Crippen LogP) is 1.10. The van der Waals surface area contributed by atoms with Gasteiger partial charge in [-0.05, 0) is 25.0 Å². The van der Waals surface area contributed by atoms with Crippen LogP contribution >= 0.6 is 11.6 Å². The Labute approximate surface area is 128 Å². The normalized spacial score (nSPS) is 15.8. The van der Waals surface area contributed by atoms with E-state index in [1.54, 1.807) is 17.0 Å². The van der Waals surface area contributed by atoms with Crippen molar-refractivity contribution in [2.24, 2.45) is 0 Å². The van der Waals surface area contributed by atoms with E-state index in [1.165, 1.54) is 13.3 Å². The summed E-state index contributed by atoms with van der Waals surface area (Å²) in [5, 5.41) is 3.31. The lowest BCUT2D eigenvalue weighted by molar-refractivity contribution is -0.136. The zero-order valence-corrected chi connectivity index (χ0v) is 12.6. The Bertz CT molecular complexity index is 499. The number of hydrogen-bond donors (Lipinski definition) is 1.